The van der Waals surface area contributed by atoms with E-state index in [1.165, 1.54) is 11.1 Å². The number of benzene rings is 1. The molecule has 1 aromatic rings. The molecule has 1 aliphatic rings. The highest BCUT2D eigenvalue weighted by Crippen LogP contribution is 2.16. The summed E-state index contributed by atoms with van der Waals surface area (Å²) >= 11 is 1.94. The maximum atomic E-state index is 12.1. The number of nitrogens with zero attached hydrogens (tertiary/aromatic N) is 1. The smallest absolute Gasteiger partial charge is 0.224 e. The Morgan fingerprint density at radius 2 is 2.32 bits per heavy atom. The molecule has 22 heavy (non-hydrogen) atoms. The number of amides is 1. The van der Waals surface area contributed by atoms with E-state index in [0.29, 0.717) is 0 Å². The molecule has 0 saturated carbocycles. The van der Waals surface area contributed by atoms with Gasteiger partial charge in [0.2, 0.25) is 5.91 Å². The normalized spacial score (nSPS) is 19.1. The number of piperidine rings is 1. The van der Waals surface area contributed by atoms with Gasteiger partial charge in [-0.1, -0.05) is 29.8 Å². The number of likely N-dealkylation sites (tertiary alicyclic amines) is 1. The van der Waals surface area contributed by atoms with Gasteiger partial charge in [-0.25, -0.2) is 0 Å². The van der Waals surface area contributed by atoms with Crippen molar-refractivity contribution in [3.05, 3.63) is 35.4 Å². The van der Waals surface area contributed by atoms with Crippen LogP contribution in [-0.2, 0) is 10.5 Å². The highest BCUT2D eigenvalue weighted by molar-refractivity contribution is 7.98. The van der Waals surface area contributed by atoms with Crippen molar-refractivity contribution < 1.29 is 4.79 Å². The zero-order valence-corrected chi connectivity index (χ0v) is 14.6. The summed E-state index contributed by atoms with van der Waals surface area (Å²) in [5, 5.41) is 3.10. The van der Waals surface area contributed by atoms with Gasteiger partial charge in [0, 0.05) is 18.8 Å². The van der Waals surface area contributed by atoms with Crippen LogP contribution in [0.15, 0.2) is 24.3 Å². The van der Waals surface area contributed by atoms with Gasteiger partial charge < -0.3 is 10.2 Å². The fourth-order valence-corrected chi connectivity index (χ4v) is 3.81. The van der Waals surface area contributed by atoms with Gasteiger partial charge in [-0.2, -0.15) is 11.8 Å². The van der Waals surface area contributed by atoms with Gasteiger partial charge in [0.15, 0.2) is 0 Å². The first-order valence-electron chi connectivity index (χ1n) is 8.24. The van der Waals surface area contributed by atoms with Crippen LogP contribution in [0.1, 0.15) is 30.4 Å². The van der Waals surface area contributed by atoms with Gasteiger partial charge in [0.05, 0.1) is 5.92 Å². The number of carbonyl (C=O) groups is 1. The van der Waals surface area contributed by atoms with Crippen LogP contribution in [0.3, 0.4) is 0 Å². The van der Waals surface area contributed by atoms with E-state index in [9.17, 15) is 4.79 Å². The molecule has 1 fully saturated rings. The maximum absolute atomic E-state index is 12.1. The van der Waals surface area contributed by atoms with Crippen LogP contribution in [-0.4, -0.2) is 43.2 Å². The van der Waals surface area contributed by atoms with Gasteiger partial charge in [-0.15, -0.1) is 0 Å². The van der Waals surface area contributed by atoms with Crippen molar-refractivity contribution in [2.75, 3.05) is 32.4 Å². The second kappa shape index (κ2) is 9.21. The Bertz CT molecular complexity index is 478. The lowest BCUT2D eigenvalue weighted by Crippen LogP contribution is -2.41. The molecule has 2 rings (SSSR count). The average molecular weight is 321 g/mol. The van der Waals surface area contributed by atoms with Gasteiger partial charge in [-0.3, -0.25) is 4.79 Å². The second-order valence-electron chi connectivity index (χ2n) is 6.29. The van der Waals surface area contributed by atoms with E-state index in [0.717, 1.165) is 50.4 Å². The Morgan fingerprint density at radius 1 is 1.45 bits per heavy atom. The number of thioether (sulfide) groups is 1. The standard InChI is InChI=1S/C18H28N2OS/c1-15-6-3-7-16(12-15)14-22-11-5-9-19-18(21)17-8-4-10-20(2)13-17/h3,6-7,12,17H,4-5,8-11,13-14H2,1-2H3,(H,19,21)/t17-/m1/s1. The third kappa shape index (κ3) is 6.01. The third-order valence-corrected chi connectivity index (χ3v) is 5.23. The molecular formula is C18H28N2OS. The molecule has 1 saturated heterocycles. The number of carbonyl (C=O) groups excluding carboxylic acids is 1. The third-order valence-electron chi connectivity index (χ3n) is 4.11. The van der Waals surface area contributed by atoms with Crippen LogP contribution in [0.2, 0.25) is 0 Å². The SMILES string of the molecule is Cc1cccc(CSCCCNC(=O)[C@@H]2CCCN(C)C2)c1. The molecule has 4 heteroatoms. The van der Waals surface area contributed by atoms with Crippen molar-refractivity contribution >= 4 is 17.7 Å². The van der Waals surface area contributed by atoms with E-state index in [1.54, 1.807) is 0 Å². The first kappa shape index (κ1) is 17.4. The summed E-state index contributed by atoms with van der Waals surface area (Å²) in [5.41, 5.74) is 2.71. The molecule has 1 aromatic carbocycles. The average Bonchev–Trinajstić information content (AvgIpc) is 2.50. The molecule has 1 atom stereocenters. The van der Waals surface area contributed by atoms with Crippen LogP contribution in [0.4, 0.5) is 0 Å². The molecule has 0 spiro atoms. The van der Waals surface area contributed by atoms with Crippen molar-refractivity contribution in [1.82, 2.24) is 10.2 Å². The lowest BCUT2D eigenvalue weighted by atomic mass is 9.98. The predicted octanol–water partition coefficient (Wildman–Crippen LogP) is 3.08. The minimum atomic E-state index is 0.193. The van der Waals surface area contributed by atoms with E-state index >= 15 is 0 Å². The summed E-state index contributed by atoms with van der Waals surface area (Å²) in [5.74, 6) is 2.59. The summed E-state index contributed by atoms with van der Waals surface area (Å²) in [6, 6.07) is 8.68. The molecule has 1 heterocycles. The van der Waals surface area contributed by atoms with Crippen LogP contribution >= 0.6 is 11.8 Å². The topological polar surface area (TPSA) is 32.3 Å². The van der Waals surface area contributed by atoms with Crippen molar-refractivity contribution in [3.8, 4) is 0 Å². The summed E-state index contributed by atoms with van der Waals surface area (Å²) in [6.45, 7) is 4.97. The molecule has 1 amide bonds. The van der Waals surface area contributed by atoms with Crippen LogP contribution in [0.25, 0.3) is 0 Å². The predicted molar refractivity (Wildman–Crippen MR) is 95.2 cm³/mol. The largest absolute Gasteiger partial charge is 0.356 e. The minimum Gasteiger partial charge on any atom is -0.356 e. The monoisotopic (exact) mass is 320 g/mol. The van der Waals surface area contributed by atoms with Crippen molar-refractivity contribution in [2.24, 2.45) is 5.92 Å². The molecule has 1 aliphatic heterocycles. The van der Waals surface area contributed by atoms with E-state index in [2.05, 4.69) is 48.5 Å². The van der Waals surface area contributed by atoms with Gasteiger partial charge in [-0.05, 0) is 51.1 Å². The fourth-order valence-electron chi connectivity index (χ4n) is 2.90. The number of rotatable bonds is 7. The quantitative estimate of drug-likeness (QED) is 0.784. The van der Waals surface area contributed by atoms with Gasteiger partial charge in [0.1, 0.15) is 0 Å². The Morgan fingerprint density at radius 3 is 3.09 bits per heavy atom. The number of nitrogens with one attached hydrogen (secondary N) is 1. The summed E-state index contributed by atoms with van der Waals surface area (Å²) in [6.07, 6.45) is 3.23. The lowest BCUT2D eigenvalue weighted by Gasteiger charge is -2.28. The second-order valence-corrected chi connectivity index (χ2v) is 7.39. The van der Waals surface area contributed by atoms with E-state index in [-0.39, 0.29) is 11.8 Å². The molecule has 0 bridgehead atoms. The van der Waals surface area contributed by atoms with E-state index in [1.807, 2.05) is 11.8 Å². The molecule has 0 unspecified atom stereocenters. The zero-order valence-electron chi connectivity index (χ0n) is 13.8. The maximum Gasteiger partial charge on any atom is 0.224 e. The number of hydrogen-bond donors (Lipinski definition) is 1. The molecule has 0 aliphatic carbocycles. The Labute approximate surface area is 138 Å². The summed E-state index contributed by atoms with van der Waals surface area (Å²) in [7, 11) is 2.10. The highest BCUT2D eigenvalue weighted by Gasteiger charge is 2.23. The van der Waals surface area contributed by atoms with Crippen molar-refractivity contribution in [2.45, 2.75) is 31.9 Å². The highest BCUT2D eigenvalue weighted by atomic mass is 32.2. The Kier molecular flexibility index (Phi) is 7.26. The Hall–Kier alpha value is -1.00. The van der Waals surface area contributed by atoms with Crippen LogP contribution in [0.5, 0.6) is 0 Å². The van der Waals surface area contributed by atoms with Crippen molar-refractivity contribution in [3.63, 3.8) is 0 Å². The lowest BCUT2D eigenvalue weighted by molar-refractivity contribution is -0.126. The summed E-state index contributed by atoms with van der Waals surface area (Å²) in [4.78, 5) is 14.3. The minimum absolute atomic E-state index is 0.193. The molecule has 0 radical (unpaired) electrons. The van der Waals surface area contributed by atoms with Crippen LogP contribution < -0.4 is 5.32 Å². The Balaban J connectivity index is 1.54. The number of aryl methyl sites for hydroxylation is 1. The molecule has 3 nitrogen and oxygen atoms in total. The van der Waals surface area contributed by atoms with Gasteiger partial charge >= 0.3 is 0 Å². The van der Waals surface area contributed by atoms with Crippen molar-refractivity contribution in [1.29, 1.82) is 0 Å². The molecular weight excluding hydrogens is 292 g/mol. The van der Waals surface area contributed by atoms with Gasteiger partial charge in [0.25, 0.3) is 0 Å². The first-order chi connectivity index (χ1) is 10.6. The van der Waals surface area contributed by atoms with E-state index in [4.69, 9.17) is 0 Å². The summed E-state index contributed by atoms with van der Waals surface area (Å²) < 4.78 is 0. The molecule has 0 aromatic heterocycles. The van der Waals surface area contributed by atoms with Crippen LogP contribution in [0, 0.1) is 12.8 Å². The number of hydrogen-bond acceptors (Lipinski definition) is 3. The molecule has 1 N–H and O–H groups in total. The van der Waals surface area contributed by atoms with E-state index < -0.39 is 0 Å². The fraction of sp³-hybridized carbons (Fsp3) is 0.611. The zero-order chi connectivity index (χ0) is 15.8. The molecule has 122 valence electrons. The first-order valence-corrected chi connectivity index (χ1v) is 9.40.